The van der Waals surface area contributed by atoms with Crippen molar-refractivity contribution in [2.75, 3.05) is 24.5 Å². The van der Waals surface area contributed by atoms with E-state index in [1.165, 1.54) is 35.1 Å². The molecule has 0 radical (unpaired) electrons. The first kappa shape index (κ1) is 12.9. The lowest BCUT2D eigenvalue weighted by molar-refractivity contribution is 0.431. The summed E-state index contributed by atoms with van der Waals surface area (Å²) >= 11 is 3.57. The Balaban J connectivity index is 2.13. The molecule has 0 saturated carbocycles. The van der Waals surface area contributed by atoms with Crippen LogP contribution in [0, 0.1) is 6.92 Å². The highest BCUT2D eigenvalue weighted by molar-refractivity contribution is 9.10. The average Bonchev–Trinajstić information content (AvgIpc) is 2.33. The number of rotatable bonds is 3. The molecule has 1 aromatic carbocycles. The fraction of sp³-hybridized carbons (Fsp3) is 0.571. The van der Waals surface area contributed by atoms with Gasteiger partial charge in [0.15, 0.2) is 0 Å². The van der Waals surface area contributed by atoms with Crippen LogP contribution >= 0.6 is 15.9 Å². The molecule has 1 aliphatic heterocycles. The standard InChI is InChI=1S/C14H21BrN2/c1-3-16-13-5-4-8-17(10-13)14-9-12(15)7-6-11(14)2/h6-7,9,13,16H,3-5,8,10H2,1-2H3. The van der Waals surface area contributed by atoms with Crippen molar-refractivity contribution < 1.29 is 0 Å². The van der Waals surface area contributed by atoms with Crippen molar-refractivity contribution in [1.82, 2.24) is 5.32 Å². The third-order valence-corrected chi connectivity index (χ3v) is 3.92. The molecule has 1 fully saturated rings. The third kappa shape index (κ3) is 3.23. The van der Waals surface area contributed by atoms with Gasteiger partial charge in [-0.15, -0.1) is 0 Å². The van der Waals surface area contributed by atoms with E-state index >= 15 is 0 Å². The lowest BCUT2D eigenvalue weighted by Gasteiger charge is -2.35. The molecule has 17 heavy (non-hydrogen) atoms. The minimum Gasteiger partial charge on any atom is -0.370 e. The first-order valence-electron chi connectivity index (χ1n) is 6.45. The number of nitrogens with zero attached hydrogens (tertiary/aromatic N) is 1. The maximum atomic E-state index is 3.57. The second kappa shape index (κ2) is 5.87. The van der Waals surface area contributed by atoms with Crippen LogP contribution in [-0.2, 0) is 0 Å². The number of aryl methyl sites for hydroxylation is 1. The number of piperidine rings is 1. The summed E-state index contributed by atoms with van der Waals surface area (Å²) in [5.41, 5.74) is 2.74. The van der Waals surface area contributed by atoms with Gasteiger partial charge in [-0.2, -0.15) is 0 Å². The van der Waals surface area contributed by atoms with Crippen LogP contribution in [0.1, 0.15) is 25.3 Å². The molecular formula is C14H21BrN2. The van der Waals surface area contributed by atoms with Gasteiger partial charge in [0.2, 0.25) is 0 Å². The van der Waals surface area contributed by atoms with Crippen LogP contribution in [0.15, 0.2) is 22.7 Å². The van der Waals surface area contributed by atoms with Gasteiger partial charge in [-0.25, -0.2) is 0 Å². The molecule has 0 aromatic heterocycles. The van der Waals surface area contributed by atoms with Crippen LogP contribution in [0.25, 0.3) is 0 Å². The fourth-order valence-corrected chi connectivity index (χ4v) is 2.92. The van der Waals surface area contributed by atoms with E-state index in [1.54, 1.807) is 0 Å². The van der Waals surface area contributed by atoms with E-state index < -0.39 is 0 Å². The summed E-state index contributed by atoms with van der Waals surface area (Å²) in [5, 5.41) is 3.56. The number of nitrogens with one attached hydrogen (secondary N) is 1. The lowest BCUT2D eigenvalue weighted by Crippen LogP contribution is -2.45. The van der Waals surface area contributed by atoms with Gasteiger partial charge in [-0.3, -0.25) is 0 Å². The lowest BCUT2D eigenvalue weighted by atomic mass is 10.0. The van der Waals surface area contributed by atoms with E-state index in [0.717, 1.165) is 13.1 Å². The molecule has 1 saturated heterocycles. The molecule has 1 unspecified atom stereocenters. The molecule has 0 aliphatic carbocycles. The average molecular weight is 297 g/mol. The predicted octanol–water partition coefficient (Wildman–Crippen LogP) is 3.34. The van der Waals surface area contributed by atoms with Crippen LogP contribution in [0.4, 0.5) is 5.69 Å². The summed E-state index contributed by atoms with van der Waals surface area (Å²) in [6.45, 7) is 7.75. The summed E-state index contributed by atoms with van der Waals surface area (Å²) in [5.74, 6) is 0. The van der Waals surface area contributed by atoms with Crippen LogP contribution < -0.4 is 10.2 Å². The quantitative estimate of drug-likeness (QED) is 0.920. The molecule has 1 N–H and O–H groups in total. The van der Waals surface area contributed by atoms with Gasteiger partial charge in [0.05, 0.1) is 0 Å². The van der Waals surface area contributed by atoms with Crippen molar-refractivity contribution in [2.45, 2.75) is 32.7 Å². The molecule has 2 rings (SSSR count). The number of hydrogen-bond acceptors (Lipinski definition) is 2. The predicted molar refractivity (Wildman–Crippen MR) is 77.8 cm³/mol. The van der Waals surface area contributed by atoms with Gasteiger partial charge in [0.25, 0.3) is 0 Å². The number of halogens is 1. The Morgan fingerprint density at radius 1 is 1.47 bits per heavy atom. The zero-order chi connectivity index (χ0) is 12.3. The molecule has 0 spiro atoms. The van der Waals surface area contributed by atoms with E-state index in [2.05, 4.69) is 58.2 Å². The van der Waals surface area contributed by atoms with Crippen LogP contribution in [0.5, 0.6) is 0 Å². The molecule has 3 heteroatoms. The Hall–Kier alpha value is -0.540. The second-order valence-corrected chi connectivity index (χ2v) is 5.69. The first-order valence-corrected chi connectivity index (χ1v) is 7.24. The Morgan fingerprint density at radius 3 is 3.06 bits per heavy atom. The Labute approximate surface area is 113 Å². The molecule has 1 aromatic rings. The number of likely N-dealkylation sites (N-methyl/N-ethyl adjacent to an activating group) is 1. The fourth-order valence-electron chi connectivity index (χ4n) is 2.57. The topological polar surface area (TPSA) is 15.3 Å². The highest BCUT2D eigenvalue weighted by atomic mass is 79.9. The molecular weight excluding hydrogens is 276 g/mol. The summed E-state index contributed by atoms with van der Waals surface area (Å²) in [6.07, 6.45) is 2.58. The normalized spacial score (nSPS) is 20.6. The van der Waals surface area contributed by atoms with Crippen molar-refractivity contribution >= 4 is 21.6 Å². The molecule has 1 heterocycles. The van der Waals surface area contributed by atoms with Gasteiger partial charge < -0.3 is 10.2 Å². The number of anilines is 1. The van der Waals surface area contributed by atoms with Crippen LogP contribution in [0.3, 0.4) is 0 Å². The second-order valence-electron chi connectivity index (χ2n) is 4.77. The van der Waals surface area contributed by atoms with Gasteiger partial charge in [0.1, 0.15) is 0 Å². The first-order chi connectivity index (χ1) is 8.20. The smallest absolute Gasteiger partial charge is 0.0407 e. The van der Waals surface area contributed by atoms with Crippen LogP contribution in [0.2, 0.25) is 0 Å². The molecule has 94 valence electrons. The van der Waals surface area contributed by atoms with Crippen molar-refractivity contribution in [3.8, 4) is 0 Å². The minimum absolute atomic E-state index is 0.645. The van der Waals surface area contributed by atoms with E-state index in [-0.39, 0.29) is 0 Å². The molecule has 0 bridgehead atoms. The summed E-state index contributed by atoms with van der Waals surface area (Å²) in [4.78, 5) is 2.51. The van der Waals surface area contributed by atoms with Crippen LogP contribution in [-0.4, -0.2) is 25.7 Å². The maximum Gasteiger partial charge on any atom is 0.0407 e. The molecule has 2 nitrogen and oxygen atoms in total. The largest absolute Gasteiger partial charge is 0.370 e. The van der Waals surface area contributed by atoms with Crippen molar-refractivity contribution in [3.63, 3.8) is 0 Å². The summed E-state index contributed by atoms with van der Waals surface area (Å²) < 4.78 is 1.17. The highest BCUT2D eigenvalue weighted by Crippen LogP contribution is 2.27. The SMILES string of the molecule is CCNC1CCCN(c2cc(Br)ccc2C)C1. The van der Waals surface area contributed by atoms with Gasteiger partial charge in [-0.1, -0.05) is 28.9 Å². The minimum atomic E-state index is 0.645. The van der Waals surface area contributed by atoms with Crippen molar-refractivity contribution in [1.29, 1.82) is 0 Å². The third-order valence-electron chi connectivity index (χ3n) is 3.43. The summed E-state index contributed by atoms with van der Waals surface area (Å²) in [6, 6.07) is 7.19. The van der Waals surface area contributed by atoms with E-state index in [9.17, 15) is 0 Å². The zero-order valence-corrected chi connectivity index (χ0v) is 12.3. The molecule has 1 aliphatic rings. The van der Waals surface area contributed by atoms with E-state index in [4.69, 9.17) is 0 Å². The monoisotopic (exact) mass is 296 g/mol. The Kier molecular flexibility index (Phi) is 4.46. The Bertz CT molecular complexity index is 376. The zero-order valence-electron chi connectivity index (χ0n) is 10.7. The highest BCUT2D eigenvalue weighted by Gasteiger charge is 2.20. The molecule has 1 atom stereocenters. The number of benzene rings is 1. The Morgan fingerprint density at radius 2 is 2.29 bits per heavy atom. The van der Waals surface area contributed by atoms with Gasteiger partial charge >= 0.3 is 0 Å². The van der Waals surface area contributed by atoms with E-state index in [0.29, 0.717) is 6.04 Å². The van der Waals surface area contributed by atoms with Gasteiger partial charge in [0, 0.05) is 29.3 Å². The number of hydrogen-bond donors (Lipinski definition) is 1. The van der Waals surface area contributed by atoms with E-state index in [1.807, 2.05) is 0 Å². The van der Waals surface area contributed by atoms with Crippen molar-refractivity contribution in [2.24, 2.45) is 0 Å². The molecule has 0 amide bonds. The van der Waals surface area contributed by atoms with Crippen molar-refractivity contribution in [3.05, 3.63) is 28.2 Å². The maximum absolute atomic E-state index is 3.57. The summed E-state index contributed by atoms with van der Waals surface area (Å²) in [7, 11) is 0. The van der Waals surface area contributed by atoms with Gasteiger partial charge in [-0.05, 0) is 44.0 Å².